The van der Waals surface area contributed by atoms with Gasteiger partial charge in [-0.25, -0.2) is 0 Å². The van der Waals surface area contributed by atoms with Crippen molar-refractivity contribution < 1.29 is 0 Å². The fourth-order valence-electron chi connectivity index (χ4n) is 0.827. The molecule has 3 heteroatoms. The molecule has 0 saturated carbocycles. The Balaban J connectivity index is 0. The van der Waals surface area contributed by atoms with Crippen LogP contribution in [0.2, 0.25) is 0 Å². The van der Waals surface area contributed by atoms with Crippen molar-refractivity contribution in [2.24, 2.45) is 0 Å². The molecule has 0 spiro atoms. The predicted molar refractivity (Wildman–Crippen MR) is 60.0 cm³/mol. The summed E-state index contributed by atoms with van der Waals surface area (Å²) in [5.74, 6) is 0. The molecule has 1 rings (SSSR count). The number of benzene rings is 1. The van der Waals surface area contributed by atoms with Gasteiger partial charge in [-0.2, -0.15) is 0 Å². The van der Waals surface area contributed by atoms with E-state index in [4.69, 9.17) is 16.6 Å². The van der Waals surface area contributed by atoms with Gasteiger partial charge in [0.15, 0.2) is 0 Å². The predicted octanol–water partition coefficient (Wildman–Crippen LogP) is 2.42. The number of anilines is 1. The van der Waals surface area contributed by atoms with Crippen molar-refractivity contribution in [2.45, 2.75) is 13.8 Å². The fourth-order valence-corrected chi connectivity index (χ4v) is 0.827. The Kier molecular flexibility index (Phi) is 9.05. The van der Waals surface area contributed by atoms with Crippen LogP contribution in [0.1, 0.15) is 11.1 Å². The van der Waals surface area contributed by atoms with Crippen molar-refractivity contribution in [3.63, 3.8) is 0 Å². The van der Waals surface area contributed by atoms with Crippen LogP contribution in [0.25, 0.3) is 0 Å². The molecular weight excluding hydrogens is 162 g/mol. The summed E-state index contributed by atoms with van der Waals surface area (Å²) < 4.78 is 0. The number of aryl methyl sites for hydroxylation is 2. The van der Waals surface area contributed by atoms with E-state index in [1.807, 2.05) is 32.0 Å². The highest BCUT2D eigenvalue weighted by Crippen LogP contribution is 2.13. The molecule has 0 fully saturated rings. The second-order valence-corrected chi connectivity index (χ2v) is 2.31. The quantitative estimate of drug-likeness (QED) is 0.415. The highest BCUT2D eigenvalue weighted by molar-refractivity contribution is 5.52. The number of hydrogen-bond acceptors (Lipinski definition) is 3. The first-order valence-electron chi connectivity index (χ1n) is 3.74. The maximum absolute atomic E-state index is 5.68. The molecule has 0 aliphatic heterocycles. The van der Waals surface area contributed by atoms with E-state index in [2.05, 4.69) is 13.4 Å². The van der Waals surface area contributed by atoms with E-state index >= 15 is 0 Å². The summed E-state index contributed by atoms with van der Waals surface area (Å²) in [5, 5.41) is 11.0. The SMILES string of the molecule is C=N.C=N.Cc1cccc(C)c1N. The lowest BCUT2D eigenvalue weighted by Crippen LogP contribution is -1.91. The second kappa shape index (κ2) is 8.46. The van der Waals surface area contributed by atoms with Gasteiger partial charge in [-0.15, -0.1) is 0 Å². The Bertz CT molecular complexity index is 224. The number of para-hydroxylation sites is 1. The minimum Gasteiger partial charge on any atom is -0.398 e. The van der Waals surface area contributed by atoms with Crippen LogP contribution >= 0.6 is 0 Å². The van der Waals surface area contributed by atoms with E-state index in [1.165, 1.54) is 0 Å². The number of nitrogens with one attached hydrogen (secondary N) is 2. The Morgan fingerprint density at radius 1 is 1.00 bits per heavy atom. The van der Waals surface area contributed by atoms with E-state index in [1.54, 1.807) is 0 Å². The maximum atomic E-state index is 5.68. The van der Waals surface area contributed by atoms with E-state index in [0.29, 0.717) is 0 Å². The van der Waals surface area contributed by atoms with Crippen LogP contribution in [0, 0.1) is 24.7 Å². The van der Waals surface area contributed by atoms with Gasteiger partial charge in [-0.1, -0.05) is 18.2 Å². The molecule has 0 aliphatic rings. The molecule has 4 N–H and O–H groups in total. The lowest BCUT2D eigenvalue weighted by atomic mass is 10.1. The number of hydrogen-bond donors (Lipinski definition) is 3. The summed E-state index contributed by atoms with van der Waals surface area (Å²) in [6.07, 6.45) is 0. The highest BCUT2D eigenvalue weighted by atomic mass is 14.6. The Morgan fingerprint density at radius 3 is 1.54 bits per heavy atom. The summed E-state index contributed by atoms with van der Waals surface area (Å²) in [6, 6.07) is 6.05. The van der Waals surface area contributed by atoms with Crippen LogP contribution in [0.3, 0.4) is 0 Å². The van der Waals surface area contributed by atoms with Gasteiger partial charge in [0, 0.05) is 5.69 Å². The zero-order valence-corrected chi connectivity index (χ0v) is 8.22. The van der Waals surface area contributed by atoms with Crippen molar-refractivity contribution >= 4 is 19.1 Å². The molecule has 0 bridgehead atoms. The zero-order chi connectivity index (χ0) is 10.9. The molecule has 0 heterocycles. The van der Waals surface area contributed by atoms with Gasteiger partial charge >= 0.3 is 0 Å². The molecule has 0 unspecified atom stereocenters. The van der Waals surface area contributed by atoms with Crippen LogP contribution in [-0.2, 0) is 0 Å². The third-order valence-corrected chi connectivity index (χ3v) is 1.54. The average Bonchev–Trinajstić information content (AvgIpc) is 2.20. The van der Waals surface area contributed by atoms with E-state index in [0.717, 1.165) is 16.8 Å². The summed E-state index contributed by atoms with van der Waals surface area (Å²) in [6.45, 7) is 9.03. The number of nitrogen functional groups attached to an aromatic ring is 1. The van der Waals surface area contributed by atoms with Crippen molar-refractivity contribution in [3.8, 4) is 0 Å². The van der Waals surface area contributed by atoms with Gasteiger partial charge in [-0.05, 0) is 38.4 Å². The van der Waals surface area contributed by atoms with Gasteiger partial charge in [0.1, 0.15) is 0 Å². The molecule has 0 aliphatic carbocycles. The van der Waals surface area contributed by atoms with Crippen molar-refractivity contribution in [1.82, 2.24) is 0 Å². The largest absolute Gasteiger partial charge is 0.398 e. The summed E-state index contributed by atoms with van der Waals surface area (Å²) in [4.78, 5) is 0. The van der Waals surface area contributed by atoms with Crippen molar-refractivity contribution in [3.05, 3.63) is 29.3 Å². The lowest BCUT2D eigenvalue weighted by molar-refractivity contribution is 1.39. The number of rotatable bonds is 0. The topological polar surface area (TPSA) is 73.7 Å². The first kappa shape index (κ1) is 13.9. The third kappa shape index (κ3) is 4.74. The Labute approximate surface area is 79.6 Å². The van der Waals surface area contributed by atoms with Gasteiger partial charge in [0.25, 0.3) is 0 Å². The normalized spacial score (nSPS) is 7.23. The minimum atomic E-state index is 0.914. The average molecular weight is 179 g/mol. The van der Waals surface area contributed by atoms with Gasteiger partial charge < -0.3 is 16.6 Å². The molecule has 13 heavy (non-hydrogen) atoms. The molecule has 72 valence electrons. The Hall–Kier alpha value is -1.64. The second-order valence-electron chi connectivity index (χ2n) is 2.31. The van der Waals surface area contributed by atoms with Gasteiger partial charge in [0.2, 0.25) is 0 Å². The zero-order valence-electron chi connectivity index (χ0n) is 8.22. The molecule has 0 atom stereocenters. The van der Waals surface area contributed by atoms with Crippen LogP contribution in [-0.4, -0.2) is 13.4 Å². The van der Waals surface area contributed by atoms with Crippen LogP contribution < -0.4 is 5.73 Å². The van der Waals surface area contributed by atoms with Crippen molar-refractivity contribution in [1.29, 1.82) is 10.8 Å². The number of nitrogens with two attached hydrogens (primary N) is 1. The van der Waals surface area contributed by atoms with Crippen LogP contribution in [0.5, 0.6) is 0 Å². The lowest BCUT2D eigenvalue weighted by Gasteiger charge is -2.00. The monoisotopic (exact) mass is 179 g/mol. The van der Waals surface area contributed by atoms with E-state index in [9.17, 15) is 0 Å². The standard InChI is InChI=1S/C8H11N.2CH3N/c1-6-4-3-5-7(2)8(6)9;2*1-2/h3-5H,9H2,1-2H3;2*2H,1H2. The molecule has 1 aromatic rings. The van der Waals surface area contributed by atoms with Crippen LogP contribution in [0.4, 0.5) is 5.69 Å². The Morgan fingerprint density at radius 2 is 1.31 bits per heavy atom. The van der Waals surface area contributed by atoms with E-state index in [-0.39, 0.29) is 0 Å². The molecule has 0 saturated heterocycles. The first-order valence-corrected chi connectivity index (χ1v) is 3.74. The third-order valence-electron chi connectivity index (χ3n) is 1.54. The molecular formula is C10H17N3. The minimum absolute atomic E-state index is 0.914. The summed E-state index contributed by atoms with van der Waals surface area (Å²) in [5.41, 5.74) is 8.92. The molecule has 0 radical (unpaired) electrons. The van der Waals surface area contributed by atoms with E-state index < -0.39 is 0 Å². The molecule has 1 aromatic carbocycles. The molecule has 3 nitrogen and oxygen atoms in total. The molecule has 0 amide bonds. The summed E-state index contributed by atoms with van der Waals surface area (Å²) >= 11 is 0. The first-order chi connectivity index (χ1) is 6.22. The smallest absolute Gasteiger partial charge is 0.0373 e. The van der Waals surface area contributed by atoms with Gasteiger partial charge in [-0.3, -0.25) is 0 Å². The maximum Gasteiger partial charge on any atom is 0.0373 e. The summed E-state index contributed by atoms with van der Waals surface area (Å²) in [7, 11) is 0. The highest BCUT2D eigenvalue weighted by Gasteiger charge is 1.92. The van der Waals surface area contributed by atoms with Crippen LogP contribution in [0.15, 0.2) is 18.2 Å². The van der Waals surface area contributed by atoms with Gasteiger partial charge in [0.05, 0.1) is 0 Å². The van der Waals surface area contributed by atoms with Crippen molar-refractivity contribution in [2.75, 3.05) is 5.73 Å². The molecule has 0 aromatic heterocycles. The fraction of sp³-hybridized carbons (Fsp3) is 0.200.